The van der Waals surface area contributed by atoms with Gasteiger partial charge in [-0.2, -0.15) is 0 Å². The molecule has 4 aromatic rings. The van der Waals surface area contributed by atoms with E-state index in [2.05, 4.69) is 0 Å². The summed E-state index contributed by atoms with van der Waals surface area (Å²) in [4.78, 5) is 12.0. The molecule has 0 aliphatic rings. The number of furan rings is 1. The second kappa shape index (κ2) is 5.95. The van der Waals surface area contributed by atoms with Gasteiger partial charge in [-0.3, -0.25) is 4.79 Å². The highest BCUT2D eigenvalue weighted by Gasteiger charge is 2.18. The fraction of sp³-hybridized carbons (Fsp3) is 0.0455. The van der Waals surface area contributed by atoms with E-state index in [0.717, 1.165) is 27.6 Å². The Morgan fingerprint density at radius 2 is 1.36 bits per heavy atom. The standard InChI is InChI=1S/C22H16O3/c1-14(23)22-21(19-4-2-3-5-20(19)25-22)17-8-6-15(7-9-17)16-10-12-18(24)13-11-16/h2-13,24H,1H3. The molecule has 122 valence electrons. The largest absolute Gasteiger partial charge is 0.508 e. The SMILES string of the molecule is CC(=O)c1oc2ccccc2c1-c1ccc(-c2ccc(O)cc2)cc1. The number of ketones is 1. The number of hydrogen-bond acceptors (Lipinski definition) is 3. The van der Waals surface area contributed by atoms with Crippen LogP contribution in [0.2, 0.25) is 0 Å². The van der Waals surface area contributed by atoms with Crippen molar-refractivity contribution in [3.63, 3.8) is 0 Å². The van der Waals surface area contributed by atoms with Gasteiger partial charge in [0.1, 0.15) is 11.3 Å². The van der Waals surface area contributed by atoms with E-state index >= 15 is 0 Å². The van der Waals surface area contributed by atoms with Crippen LogP contribution in [-0.4, -0.2) is 10.9 Å². The van der Waals surface area contributed by atoms with Gasteiger partial charge in [0.25, 0.3) is 0 Å². The number of phenolic OH excluding ortho intramolecular Hbond substituents is 1. The minimum atomic E-state index is -0.0891. The molecule has 1 N–H and O–H groups in total. The number of carbonyl (C=O) groups is 1. The van der Waals surface area contributed by atoms with Crippen LogP contribution < -0.4 is 0 Å². The predicted molar refractivity (Wildman–Crippen MR) is 98.8 cm³/mol. The van der Waals surface area contributed by atoms with Crippen LogP contribution in [0.3, 0.4) is 0 Å². The molecule has 3 aromatic carbocycles. The lowest BCUT2D eigenvalue weighted by molar-refractivity contribution is 0.0990. The smallest absolute Gasteiger partial charge is 0.195 e. The van der Waals surface area contributed by atoms with E-state index in [1.54, 1.807) is 12.1 Å². The molecule has 0 fully saturated rings. The van der Waals surface area contributed by atoms with Crippen molar-refractivity contribution in [3.05, 3.63) is 78.6 Å². The molecule has 3 heteroatoms. The van der Waals surface area contributed by atoms with Crippen LogP contribution in [0.5, 0.6) is 5.75 Å². The Balaban J connectivity index is 1.83. The van der Waals surface area contributed by atoms with Gasteiger partial charge >= 0.3 is 0 Å². The molecular formula is C22H16O3. The summed E-state index contributed by atoms with van der Waals surface area (Å²) in [6, 6.07) is 22.8. The topological polar surface area (TPSA) is 50.4 Å². The summed E-state index contributed by atoms with van der Waals surface area (Å²) in [7, 11) is 0. The fourth-order valence-corrected chi connectivity index (χ4v) is 3.06. The molecule has 0 amide bonds. The molecule has 0 spiro atoms. The maximum atomic E-state index is 12.0. The molecule has 0 saturated heterocycles. The molecule has 0 radical (unpaired) electrons. The van der Waals surface area contributed by atoms with Crippen molar-refractivity contribution in [2.24, 2.45) is 0 Å². The van der Waals surface area contributed by atoms with Crippen LogP contribution in [-0.2, 0) is 0 Å². The Bertz CT molecular complexity index is 1050. The molecule has 0 unspecified atom stereocenters. The highest BCUT2D eigenvalue weighted by atomic mass is 16.3. The quantitative estimate of drug-likeness (QED) is 0.493. The highest BCUT2D eigenvalue weighted by molar-refractivity contribution is 6.08. The summed E-state index contributed by atoms with van der Waals surface area (Å²) in [6.45, 7) is 1.52. The lowest BCUT2D eigenvalue weighted by Crippen LogP contribution is -1.92. The molecular weight excluding hydrogens is 312 g/mol. The van der Waals surface area contributed by atoms with Crippen molar-refractivity contribution >= 4 is 16.8 Å². The zero-order valence-corrected chi connectivity index (χ0v) is 13.7. The number of benzene rings is 3. The number of phenols is 1. The van der Waals surface area contributed by atoms with Gasteiger partial charge in [0.05, 0.1) is 0 Å². The van der Waals surface area contributed by atoms with Crippen LogP contribution in [0.4, 0.5) is 0 Å². The highest BCUT2D eigenvalue weighted by Crippen LogP contribution is 2.36. The Morgan fingerprint density at radius 1 is 0.800 bits per heavy atom. The fourth-order valence-electron chi connectivity index (χ4n) is 3.06. The van der Waals surface area contributed by atoms with Crippen molar-refractivity contribution < 1.29 is 14.3 Å². The molecule has 0 aliphatic heterocycles. The number of para-hydroxylation sites is 1. The van der Waals surface area contributed by atoms with Crippen molar-refractivity contribution in [3.8, 4) is 28.0 Å². The Hall–Kier alpha value is -3.33. The van der Waals surface area contributed by atoms with Crippen LogP contribution in [0.1, 0.15) is 17.5 Å². The van der Waals surface area contributed by atoms with E-state index in [4.69, 9.17) is 4.42 Å². The first-order chi connectivity index (χ1) is 12.1. The molecule has 4 rings (SSSR count). The van der Waals surface area contributed by atoms with E-state index < -0.39 is 0 Å². The first-order valence-corrected chi connectivity index (χ1v) is 8.06. The normalized spacial score (nSPS) is 10.9. The number of carbonyl (C=O) groups excluding carboxylic acids is 1. The van der Waals surface area contributed by atoms with Gasteiger partial charge in [0, 0.05) is 17.9 Å². The van der Waals surface area contributed by atoms with Gasteiger partial charge < -0.3 is 9.52 Å². The van der Waals surface area contributed by atoms with E-state index in [0.29, 0.717) is 11.3 Å². The summed E-state index contributed by atoms with van der Waals surface area (Å²) >= 11 is 0. The second-order valence-electron chi connectivity index (χ2n) is 5.98. The summed E-state index contributed by atoms with van der Waals surface area (Å²) in [5, 5.41) is 10.3. The minimum Gasteiger partial charge on any atom is -0.508 e. The number of rotatable bonds is 3. The average Bonchev–Trinajstić information content (AvgIpc) is 3.02. The molecule has 1 aromatic heterocycles. The molecule has 0 saturated carbocycles. The van der Waals surface area contributed by atoms with Crippen molar-refractivity contribution in [1.29, 1.82) is 0 Å². The van der Waals surface area contributed by atoms with E-state index in [1.165, 1.54) is 6.92 Å². The number of aromatic hydroxyl groups is 1. The molecule has 3 nitrogen and oxygen atoms in total. The van der Waals surface area contributed by atoms with E-state index in [1.807, 2.05) is 60.7 Å². The van der Waals surface area contributed by atoms with Gasteiger partial charge in [0.15, 0.2) is 11.5 Å². The monoisotopic (exact) mass is 328 g/mol. The first kappa shape index (κ1) is 15.2. The van der Waals surface area contributed by atoms with Gasteiger partial charge in [-0.25, -0.2) is 0 Å². The Kier molecular flexibility index (Phi) is 3.62. The number of Topliss-reactive ketones (excluding diaryl/α,β-unsaturated/α-hetero) is 1. The molecule has 0 atom stereocenters. The van der Waals surface area contributed by atoms with Gasteiger partial charge in [0.2, 0.25) is 0 Å². The van der Waals surface area contributed by atoms with Crippen LogP contribution >= 0.6 is 0 Å². The lowest BCUT2D eigenvalue weighted by Gasteiger charge is -2.05. The van der Waals surface area contributed by atoms with Gasteiger partial charge in [-0.15, -0.1) is 0 Å². The average molecular weight is 328 g/mol. The van der Waals surface area contributed by atoms with Crippen LogP contribution in [0.15, 0.2) is 77.2 Å². The summed E-state index contributed by atoms with van der Waals surface area (Å²) in [6.07, 6.45) is 0. The number of hydrogen-bond donors (Lipinski definition) is 1. The van der Waals surface area contributed by atoms with Crippen molar-refractivity contribution in [2.45, 2.75) is 6.92 Å². The molecule has 0 aliphatic carbocycles. The summed E-state index contributed by atoms with van der Waals surface area (Å²) < 4.78 is 5.77. The predicted octanol–water partition coefficient (Wildman–Crippen LogP) is 5.68. The van der Waals surface area contributed by atoms with Crippen LogP contribution in [0, 0.1) is 0 Å². The van der Waals surface area contributed by atoms with Crippen molar-refractivity contribution in [1.82, 2.24) is 0 Å². The third-order valence-electron chi connectivity index (χ3n) is 4.29. The van der Waals surface area contributed by atoms with Crippen molar-refractivity contribution in [2.75, 3.05) is 0 Å². The first-order valence-electron chi connectivity index (χ1n) is 8.06. The van der Waals surface area contributed by atoms with E-state index in [-0.39, 0.29) is 11.5 Å². The maximum absolute atomic E-state index is 12.0. The summed E-state index contributed by atoms with van der Waals surface area (Å²) in [5.41, 5.74) is 4.55. The Labute approximate surface area is 145 Å². The second-order valence-corrected chi connectivity index (χ2v) is 5.98. The Morgan fingerprint density at radius 3 is 2.00 bits per heavy atom. The lowest BCUT2D eigenvalue weighted by atomic mass is 9.97. The van der Waals surface area contributed by atoms with Gasteiger partial charge in [-0.1, -0.05) is 54.6 Å². The third kappa shape index (κ3) is 2.70. The molecule has 1 heterocycles. The summed E-state index contributed by atoms with van der Waals surface area (Å²) in [5.74, 6) is 0.545. The zero-order valence-electron chi connectivity index (χ0n) is 13.7. The van der Waals surface area contributed by atoms with Gasteiger partial charge in [-0.05, 0) is 34.9 Å². The zero-order chi connectivity index (χ0) is 17.4. The molecule has 0 bridgehead atoms. The van der Waals surface area contributed by atoms with E-state index in [9.17, 15) is 9.90 Å². The number of fused-ring (bicyclic) bond motifs is 1. The molecule has 25 heavy (non-hydrogen) atoms. The third-order valence-corrected chi connectivity index (χ3v) is 4.29. The maximum Gasteiger partial charge on any atom is 0.195 e. The minimum absolute atomic E-state index is 0.0891. The van der Waals surface area contributed by atoms with Crippen LogP contribution in [0.25, 0.3) is 33.2 Å².